The fraction of sp³-hybridized carbons (Fsp3) is 0.0476. The molecule has 0 saturated carbocycles. The van der Waals surface area contributed by atoms with Gasteiger partial charge in [0, 0.05) is 16.1 Å². The predicted molar refractivity (Wildman–Crippen MR) is 110 cm³/mol. The Morgan fingerprint density at radius 2 is 1.78 bits per heavy atom. The largest absolute Gasteiger partial charge is 0.484 e. The number of aromatic nitrogens is 1. The Hall–Kier alpha value is -2.89. The lowest BCUT2D eigenvalue weighted by Crippen LogP contribution is -2.20. The number of hydrogen-bond donors (Lipinski definition) is 1. The van der Waals surface area contributed by atoms with Gasteiger partial charge in [-0.25, -0.2) is 4.98 Å². The van der Waals surface area contributed by atoms with Crippen molar-refractivity contribution in [1.29, 1.82) is 0 Å². The number of ether oxygens (including phenoxy) is 1. The molecular weight excluding hydrogens is 380 g/mol. The minimum atomic E-state index is -0.246. The van der Waals surface area contributed by atoms with Gasteiger partial charge in [-0.1, -0.05) is 59.3 Å². The second kappa shape index (κ2) is 6.37. The lowest BCUT2D eigenvalue weighted by Gasteiger charge is -2.06. The van der Waals surface area contributed by atoms with Crippen LogP contribution in [-0.4, -0.2) is 17.5 Å². The van der Waals surface area contributed by atoms with E-state index in [0.29, 0.717) is 15.9 Å². The van der Waals surface area contributed by atoms with E-state index in [4.69, 9.17) is 16.3 Å². The fourth-order valence-electron chi connectivity index (χ4n) is 3.30. The molecule has 1 amide bonds. The Bertz CT molecular complexity index is 1130. The predicted octanol–water partition coefficient (Wildman–Crippen LogP) is 5.61. The average Bonchev–Trinajstić information content (AvgIpc) is 3.21. The lowest BCUT2D eigenvalue weighted by atomic mass is 10.0. The first-order valence-electron chi connectivity index (χ1n) is 8.40. The number of rotatable bonds is 4. The van der Waals surface area contributed by atoms with Crippen LogP contribution in [0.3, 0.4) is 0 Å². The summed E-state index contributed by atoms with van der Waals surface area (Å²) >= 11 is 7.33. The zero-order valence-electron chi connectivity index (χ0n) is 14.0. The van der Waals surface area contributed by atoms with Crippen molar-refractivity contribution in [3.63, 3.8) is 0 Å². The third kappa shape index (κ3) is 2.85. The molecule has 4 aromatic rings. The van der Waals surface area contributed by atoms with E-state index >= 15 is 0 Å². The summed E-state index contributed by atoms with van der Waals surface area (Å²) in [6.45, 7) is -0.0853. The number of halogens is 1. The molecule has 6 heteroatoms. The van der Waals surface area contributed by atoms with E-state index in [-0.39, 0.29) is 12.5 Å². The van der Waals surface area contributed by atoms with Crippen LogP contribution in [0.25, 0.3) is 32.5 Å². The van der Waals surface area contributed by atoms with Gasteiger partial charge in [0.1, 0.15) is 5.75 Å². The molecule has 1 aliphatic rings. The first-order valence-corrected chi connectivity index (χ1v) is 9.60. The van der Waals surface area contributed by atoms with Gasteiger partial charge in [0.15, 0.2) is 11.7 Å². The highest BCUT2D eigenvalue weighted by Crippen LogP contribution is 2.50. The van der Waals surface area contributed by atoms with Crippen LogP contribution >= 0.6 is 22.9 Å². The summed E-state index contributed by atoms with van der Waals surface area (Å²) < 4.78 is 5.48. The van der Waals surface area contributed by atoms with Crippen molar-refractivity contribution >= 4 is 44.7 Å². The Kier molecular flexibility index (Phi) is 3.85. The van der Waals surface area contributed by atoms with Crippen molar-refractivity contribution < 1.29 is 9.53 Å². The molecule has 0 atom stereocenters. The van der Waals surface area contributed by atoms with Gasteiger partial charge >= 0.3 is 0 Å². The summed E-state index contributed by atoms with van der Waals surface area (Å²) in [5, 5.41) is 6.48. The van der Waals surface area contributed by atoms with E-state index in [0.717, 1.165) is 16.1 Å². The summed E-state index contributed by atoms with van der Waals surface area (Å²) in [5.74, 6) is 0.348. The number of carbonyl (C=O) groups is 1. The van der Waals surface area contributed by atoms with E-state index in [2.05, 4.69) is 40.6 Å². The minimum Gasteiger partial charge on any atom is -0.484 e. The number of nitrogens with zero attached hydrogens (tertiary/aromatic N) is 1. The second-order valence-corrected chi connectivity index (χ2v) is 7.63. The molecular formula is C21H13ClN2O2S. The third-order valence-corrected chi connectivity index (χ3v) is 5.72. The molecule has 0 fully saturated rings. The van der Waals surface area contributed by atoms with E-state index in [1.165, 1.54) is 27.7 Å². The van der Waals surface area contributed by atoms with Crippen LogP contribution < -0.4 is 10.1 Å². The maximum absolute atomic E-state index is 12.2. The van der Waals surface area contributed by atoms with Gasteiger partial charge < -0.3 is 4.74 Å². The Morgan fingerprint density at radius 3 is 2.56 bits per heavy atom. The summed E-state index contributed by atoms with van der Waals surface area (Å²) in [5.41, 5.74) is 3.22. The van der Waals surface area contributed by atoms with Gasteiger partial charge in [0.05, 0.1) is 10.6 Å². The molecule has 0 saturated heterocycles. The smallest absolute Gasteiger partial charge is 0.264 e. The first kappa shape index (κ1) is 16.3. The molecule has 132 valence electrons. The summed E-state index contributed by atoms with van der Waals surface area (Å²) in [6, 6.07) is 19.4. The number of thiazole rings is 1. The number of anilines is 1. The van der Waals surface area contributed by atoms with Crippen LogP contribution in [0.4, 0.5) is 5.13 Å². The normalized spacial score (nSPS) is 11.4. The molecule has 0 aliphatic heterocycles. The minimum absolute atomic E-state index is 0.0853. The lowest BCUT2D eigenvalue weighted by molar-refractivity contribution is -0.118. The van der Waals surface area contributed by atoms with E-state index in [1.807, 2.05) is 6.07 Å². The van der Waals surface area contributed by atoms with Crippen LogP contribution in [0.5, 0.6) is 5.75 Å². The zero-order valence-corrected chi connectivity index (χ0v) is 15.6. The third-order valence-electron chi connectivity index (χ3n) is 4.46. The van der Waals surface area contributed by atoms with Crippen LogP contribution in [0.2, 0.25) is 5.02 Å². The molecule has 1 aliphatic carbocycles. The number of amides is 1. The van der Waals surface area contributed by atoms with Crippen molar-refractivity contribution in [3.8, 4) is 27.4 Å². The molecule has 27 heavy (non-hydrogen) atoms. The van der Waals surface area contributed by atoms with Crippen molar-refractivity contribution in [2.24, 2.45) is 0 Å². The number of benzene rings is 3. The van der Waals surface area contributed by atoms with Crippen LogP contribution in [0, 0.1) is 0 Å². The summed E-state index contributed by atoms with van der Waals surface area (Å²) in [6.07, 6.45) is 0. The SMILES string of the molecule is O=C(COc1ccc(Cl)cc1)Nc1nc2c(s1)-c1cccc3cccc-2c13. The maximum Gasteiger partial charge on any atom is 0.264 e. The van der Waals surface area contributed by atoms with Crippen molar-refractivity contribution in [2.75, 3.05) is 11.9 Å². The molecule has 1 N–H and O–H groups in total. The molecule has 1 heterocycles. The molecule has 0 radical (unpaired) electrons. The van der Waals surface area contributed by atoms with Crippen molar-refractivity contribution in [3.05, 3.63) is 65.7 Å². The van der Waals surface area contributed by atoms with Crippen molar-refractivity contribution in [2.45, 2.75) is 0 Å². The Morgan fingerprint density at radius 1 is 1.04 bits per heavy atom. The standard InChI is InChI=1S/C21H13ClN2O2S/c22-13-7-9-14(10-8-13)26-11-17(25)23-21-24-19-15-5-1-3-12-4-2-6-16(18(12)15)20(19)27-21/h1-10H,11H2,(H,23,24,25). The Labute approximate surface area is 164 Å². The molecule has 1 aromatic heterocycles. The van der Waals surface area contributed by atoms with Gasteiger partial charge in [0.25, 0.3) is 5.91 Å². The highest BCUT2D eigenvalue weighted by molar-refractivity contribution is 7.20. The second-order valence-electron chi connectivity index (χ2n) is 6.20. The monoisotopic (exact) mass is 392 g/mol. The molecule has 0 unspecified atom stereocenters. The number of fused-ring (bicyclic) bond motifs is 3. The van der Waals surface area contributed by atoms with Gasteiger partial charge in [-0.05, 0) is 35.0 Å². The fourth-order valence-corrected chi connectivity index (χ4v) is 4.45. The molecule has 4 nitrogen and oxygen atoms in total. The van der Waals surface area contributed by atoms with Gasteiger partial charge in [-0.2, -0.15) is 0 Å². The number of carbonyl (C=O) groups excluding carboxylic acids is 1. The van der Waals surface area contributed by atoms with Gasteiger partial charge in [0.2, 0.25) is 0 Å². The van der Waals surface area contributed by atoms with Crippen LogP contribution in [-0.2, 0) is 4.79 Å². The van der Waals surface area contributed by atoms with Crippen LogP contribution in [0.15, 0.2) is 60.7 Å². The van der Waals surface area contributed by atoms with Crippen molar-refractivity contribution in [1.82, 2.24) is 4.98 Å². The Balaban J connectivity index is 1.35. The molecule has 0 spiro atoms. The topological polar surface area (TPSA) is 51.2 Å². The number of nitrogens with one attached hydrogen (secondary N) is 1. The summed E-state index contributed by atoms with van der Waals surface area (Å²) in [4.78, 5) is 18.0. The average molecular weight is 393 g/mol. The molecule has 5 rings (SSSR count). The van der Waals surface area contributed by atoms with Gasteiger partial charge in [-0.15, -0.1) is 0 Å². The van der Waals surface area contributed by atoms with E-state index in [1.54, 1.807) is 24.3 Å². The highest BCUT2D eigenvalue weighted by atomic mass is 35.5. The first-order chi connectivity index (χ1) is 13.2. The van der Waals surface area contributed by atoms with Crippen LogP contribution in [0.1, 0.15) is 0 Å². The van der Waals surface area contributed by atoms with E-state index in [9.17, 15) is 4.79 Å². The number of hydrogen-bond acceptors (Lipinski definition) is 4. The highest BCUT2D eigenvalue weighted by Gasteiger charge is 2.25. The zero-order chi connectivity index (χ0) is 18.4. The van der Waals surface area contributed by atoms with Gasteiger partial charge in [-0.3, -0.25) is 10.1 Å². The van der Waals surface area contributed by atoms with E-state index < -0.39 is 0 Å². The quantitative estimate of drug-likeness (QED) is 0.432. The maximum atomic E-state index is 12.2. The molecule has 0 bridgehead atoms. The summed E-state index contributed by atoms with van der Waals surface area (Å²) in [7, 11) is 0. The molecule has 3 aromatic carbocycles.